The molecule has 0 aliphatic carbocycles. The van der Waals surface area contributed by atoms with Gasteiger partial charge >= 0.3 is 0 Å². The van der Waals surface area contributed by atoms with Crippen LogP contribution in [0.3, 0.4) is 0 Å². The molecule has 2 nitrogen and oxygen atoms in total. The van der Waals surface area contributed by atoms with Crippen LogP contribution in [0.4, 0.5) is 0 Å². The Labute approximate surface area is 227 Å². The zero-order chi connectivity index (χ0) is 25.5. The molecule has 0 radical (unpaired) electrons. The fourth-order valence-corrected chi connectivity index (χ4v) is 7.68. The highest BCUT2D eigenvalue weighted by atomic mass is 32.1. The second-order valence-corrected chi connectivity index (χ2v) is 11.1. The summed E-state index contributed by atoms with van der Waals surface area (Å²) in [6, 6.07) is 45.6. The topological polar surface area (TPSA) is 18.1 Å². The quantitative estimate of drug-likeness (QED) is 0.224. The van der Waals surface area contributed by atoms with E-state index < -0.39 is 0 Å². The first-order valence-corrected chi connectivity index (χ1v) is 14.0. The number of furan rings is 1. The Balaban J connectivity index is 1.44. The molecular weight excluding hydrogens is 494 g/mol. The predicted octanol–water partition coefficient (Wildman–Crippen LogP) is 10.7. The van der Waals surface area contributed by atoms with Crippen LogP contribution in [0, 0.1) is 0 Å². The van der Waals surface area contributed by atoms with Crippen molar-refractivity contribution in [1.82, 2.24) is 4.57 Å². The zero-order valence-corrected chi connectivity index (χ0v) is 21.7. The van der Waals surface area contributed by atoms with Crippen molar-refractivity contribution in [2.75, 3.05) is 0 Å². The van der Waals surface area contributed by atoms with Gasteiger partial charge in [-0.1, -0.05) is 97.1 Å². The Kier molecular flexibility index (Phi) is 4.24. The van der Waals surface area contributed by atoms with Crippen LogP contribution in [0.15, 0.2) is 132 Å². The van der Waals surface area contributed by atoms with Crippen LogP contribution >= 0.6 is 11.3 Å². The normalized spacial score (nSPS) is 12.1. The number of thiophene rings is 1. The van der Waals surface area contributed by atoms with Gasteiger partial charge in [0.2, 0.25) is 0 Å². The van der Waals surface area contributed by atoms with E-state index in [0.29, 0.717) is 0 Å². The summed E-state index contributed by atoms with van der Waals surface area (Å²) in [4.78, 5) is 0. The number of nitrogens with zero attached hydrogens (tertiary/aromatic N) is 1. The van der Waals surface area contributed by atoms with E-state index in [1.807, 2.05) is 11.3 Å². The van der Waals surface area contributed by atoms with Gasteiger partial charge in [-0.05, 0) is 46.7 Å². The summed E-state index contributed by atoms with van der Waals surface area (Å²) in [6.45, 7) is 0. The molecule has 0 aliphatic heterocycles. The molecule has 3 heteroatoms. The molecule has 9 rings (SSSR count). The minimum atomic E-state index is 0.913. The fraction of sp³-hybridized carbons (Fsp3) is 0. The Bertz CT molecular complexity index is 2390. The fourth-order valence-electron chi connectivity index (χ4n) is 6.32. The molecule has 3 heterocycles. The maximum absolute atomic E-state index is 6.64. The van der Waals surface area contributed by atoms with Crippen molar-refractivity contribution in [2.24, 2.45) is 0 Å². The Morgan fingerprint density at radius 1 is 0.513 bits per heavy atom. The third-order valence-corrected chi connectivity index (χ3v) is 9.28. The van der Waals surface area contributed by atoms with E-state index in [1.54, 1.807) is 0 Å². The van der Waals surface area contributed by atoms with Gasteiger partial charge in [-0.2, -0.15) is 0 Å². The van der Waals surface area contributed by atoms with Crippen molar-refractivity contribution in [3.8, 4) is 16.8 Å². The molecule has 182 valence electrons. The van der Waals surface area contributed by atoms with E-state index in [2.05, 4.69) is 132 Å². The molecule has 0 fully saturated rings. The van der Waals surface area contributed by atoms with E-state index in [0.717, 1.165) is 38.7 Å². The van der Waals surface area contributed by atoms with Gasteiger partial charge in [0.1, 0.15) is 11.1 Å². The van der Waals surface area contributed by atoms with E-state index in [4.69, 9.17) is 4.42 Å². The van der Waals surface area contributed by atoms with Gasteiger partial charge in [-0.15, -0.1) is 11.3 Å². The summed E-state index contributed by atoms with van der Waals surface area (Å²) < 4.78 is 11.7. The minimum absolute atomic E-state index is 0.913. The monoisotopic (exact) mass is 515 g/mol. The molecule has 0 saturated heterocycles. The summed E-state index contributed by atoms with van der Waals surface area (Å²) in [5.41, 5.74) is 7.71. The standard InChI is InChI=1S/C36H21NOS/c1-2-11-23(12-3-1)37-30-18-7-6-14-29(30)34-33(37)32-25(15-9-19-31(32)38-34)26-16-8-17-27-28-21-20-22-10-4-5-13-24(22)35(28)39-36(26)27/h1-21H. The maximum Gasteiger partial charge on any atom is 0.161 e. The lowest BCUT2D eigenvalue weighted by molar-refractivity contribution is 0.673. The van der Waals surface area contributed by atoms with Gasteiger partial charge in [-0.3, -0.25) is 0 Å². The van der Waals surface area contributed by atoms with Gasteiger partial charge in [0.05, 0.1) is 10.9 Å². The number of rotatable bonds is 2. The number of para-hydroxylation sites is 2. The SMILES string of the molecule is c1ccc(-n2c3ccccc3c3oc4cccc(-c5cccc6c5sc5c7ccccc7ccc65)c4c32)cc1. The van der Waals surface area contributed by atoms with Crippen molar-refractivity contribution in [1.29, 1.82) is 0 Å². The minimum Gasteiger partial charge on any atom is -0.454 e. The van der Waals surface area contributed by atoms with Gasteiger partial charge in [0.15, 0.2) is 5.58 Å². The summed E-state index contributed by atoms with van der Waals surface area (Å²) in [5, 5.41) is 7.50. The summed E-state index contributed by atoms with van der Waals surface area (Å²) in [7, 11) is 0. The third-order valence-electron chi connectivity index (χ3n) is 8.00. The Hall–Kier alpha value is -4.86. The average Bonchev–Trinajstić information content (AvgIpc) is 3.66. The van der Waals surface area contributed by atoms with Gasteiger partial charge in [-0.25, -0.2) is 0 Å². The van der Waals surface area contributed by atoms with E-state index in [1.165, 1.54) is 42.1 Å². The van der Waals surface area contributed by atoms with Crippen LogP contribution in [0.2, 0.25) is 0 Å². The van der Waals surface area contributed by atoms with E-state index in [-0.39, 0.29) is 0 Å². The number of aromatic nitrogens is 1. The second-order valence-electron chi connectivity index (χ2n) is 10.1. The zero-order valence-electron chi connectivity index (χ0n) is 20.9. The van der Waals surface area contributed by atoms with Gasteiger partial charge in [0, 0.05) is 36.8 Å². The van der Waals surface area contributed by atoms with Crippen LogP contribution in [0.25, 0.3) is 80.7 Å². The Morgan fingerprint density at radius 3 is 2.15 bits per heavy atom. The van der Waals surface area contributed by atoms with Crippen LogP contribution in [0.1, 0.15) is 0 Å². The molecule has 9 aromatic rings. The lowest BCUT2D eigenvalue weighted by atomic mass is 9.98. The first kappa shape index (κ1) is 21.1. The number of fused-ring (bicyclic) bond motifs is 10. The van der Waals surface area contributed by atoms with Crippen molar-refractivity contribution in [2.45, 2.75) is 0 Å². The molecule has 0 bridgehead atoms. The van der Waals surface area contributed by atoms with Gasteiger partial charge < -0.3 is 8.98 Å². The van der Waals surface area contributed by atoms with Crippen molar-refractivity contribution < 1.29 is 4.42 Å². The highest BCUT2D eigenvalue weighted by Crippen LogP contribution is 2.47. The largest absolute Gasteiger partial charge is 0.454 e. The molecule has 0 atom stereocenters. The first-order valence-electron chi connectivity index (χ1n) is 13.2. The summed E-state index contributed by atoms with van der Waals surface area (Å²) >= 11 is 1.90. The van der Waals surface area contributed by atoms with Crippen LogP contribution in [-0.4, -0.2) is 4.57 Å². The smallest absolute Gasteiger partial charge is 0.161 e. The maximum atomic E-state index is 6.64. The van der Waals surface area contributed by atoms with Crippen molar-refractivity contribution in [3.63, 3.8) is 0 Å². The summed E-state index contributed by atoms with van der Waals surface area (Å²) in [5.74, 6) is 0. The van der Waals surface area contributed by atoms with Crippen LogP contribution in [-0.2, 0) is 0 Å². The molecule has 0 saturated carbocycles. The lowest BCUT2D eigenvalue weighted by Crippen LogP contribution is -1.93. The Morgan fingerprint density at radius 2 is 1.23 bits per heavy atom. The summed E-state index contributed by atoms with van der Waals surface area (Å²) in [6.07, 6.45) is 0. The molecular formula is C36H21NOS. The molecule has 0 spiro atoms. The molecule has 0 aliphatic rings. The van der Waals surface area contributed by atoms with Gasteiger partial charge in [0.25, 0.3) is 0 Å². The van der Waals surface area contributed by atoms with Crippen molar-refractivity contribution >= 4 is 75.3 Å². The molecule has 39 heavy (non-hydrogen) atoms. The highest BCUT2D eigenvalue weighted by molar-refractivity contribution is 7.27. The van der Waals surface area contributed by atoms with E-state index >= 15 is 0 Å². The second kappa shape index (κ2) is 7.83. The molecule has 0 unspecified atom stereocenters. The lowest BCUT2D eigenvalue weighted by Gasteiger charge is -2.10. The van der Waals surface area contributed by atoms with Crippen molar-refractivity contribution in [3.05, 3.63) is 127 Å². The molecule has 0 amide bonds. The van der Waals surface area contributed by atoms with Crippen LogP contribution in [0.5, 0.6) is 0 Å². The number of benzene rings is 6. The molecule has 6 aromatic carbocycles. The third kappa shape index (κ3) is 2.85. The van der Waals surface area contributed by atoms with Crippen LogP contribution < -0.4 is 0 Å². The first-order chi connectivity index (χ1) is 19.4. The average molecular weight is 516 g/mol. The molecule has 0 N–H and O–H groups in total. The predicted molar refractivity (Wildman–Crippen MR) is 166 cm³/mol. The van der Waals surface area contributed by atoms with E-state index in [9.17, 15) is 0 Å². The number of hydrogen-bond acceptors (Lipinski definition) is 2. The molecule has 3 aromatic heterocycles. The highest BCUT2D eigenvalue weighted by Gasteiger charge is 2.23. The number of hydrogen-bond donors (Lipinski definition) is 0.